The van der Waals surface area contributed by atoms with Crippen molar-refractivity contribution in [3.63, 3.8) is 0 Å². The number of nitrogens with one attached hydrogen (secondary N) is 1. The summed E-state index contributed by atoms with van der Waals surface area (Å²) in [5.41, 5.74) is 0.976. The minimum atomic E-state index is -0.777. The number of aromatic nitrogens is 2. The molecule has 1 amide bonds. The number of hydrogen-bond acceptors (Lipinski definition) is 4. The van der Waals surface area contributed by atoms with Crippen LogP contribution >= 0.6 is 0 Å². The smallest absolute Gasteiger partial charge is 0.252 e. The average Bonchev–Trinajstić information content (AvgIpc) is 2.46. The van der Waals surface area contributed by atoms with E-state index in [2.05, 4.69) is 15.3 Å². The zero-order valence-corrected chi connectivity index (χ0v) is 9.45. The van der Waals surface area contributed by atoms with Gasteiger partial charge in [-0.25, -0.2) is 9.97 Å². The van der Waals surface area contributed by atoms with Crippen LogP contribution in [0.3, 0.4) is 0 Å². The molecule has 1 aromatic carbocycles. The first-order chi connectivity index (χ1) is 8.81. The van der Waals surface area contributed by atoms with Gasteiger partial charge in [-0.1, -0.05) is 18.2 Å². The van der Waals surface area contributed by atoms with Crippen LogP contribution < -0.4 is 5.32 Å². The molecular weight excluding hydrogens is 228 g/mol. The van der Waals surface area contributed by atoms with Gasteiger partial charge in [0.2, 0.25) is 0 Å². The minimum absolute atomic E-state index is 0.305. The van der Waals surface area contributed by atoms with Gasteiger partial charge in [-0.15, -0.1) is 0 Å². The van der Waals surface area contributed by atoms with E-state index in [1.54, 1.807) is 30.3 Å². The zero-order chi connectivity index (χ0) is 12.8. The van der Waals surface area contributed by atoms with Gasteiger partial charge in [-0.2, -0.15) is 5.26 Å². The third-order valence-corrected chi connectivity index (χ3v) is 2.34. The fraction of sp³-hybridized carbons (Fsp3) is 0.0769. The van der Waals surface area contributed by atoms with Crippen molar-refractivity contribution >= 4 is 5.91 Å². The van der Waals surface area contributed by atoms with Crippen molar-refractivity contribution in [2.24, 2.45) is 0 Å². The molecule has 0 saturated carbocycles. The number of nitriles is 1. The second kappa shape index (κ2) is 5.55. The van der Waals surface area contributed by atoms with Crippen molar-refractivity contribution in [1.29, 1.82) is 5.26 Å². The first kappa shape index (κ1) is 11.7. The van der Waals surface area contributed by atoms with Crippen LogP contribution in [0, 0.1) is 11.3 Å². The second-order valence-electron chi connectivity index (χ2n) is 3.54. The lowest BCUT2D eigenvalue weighted by Gasteiger charge is -2.10. The molecule has 0 spiro atoms. The van der Waals surface area contributed by atoms with E-state index in [9.17, 15) is 4.79 Å². The van der Waals surface area contributed by atoms with E-state index in [-0.39, 0.29) is 5.91 Å². The molecule has 1 unspecified atom stereocenters. The lowest BCUT2D eigenvalue weighted by Crippen LogP contribution is -2.28. The standard InChI is InChI=1S/C13H10N4O/c14-8-12(11-6-7-15-9-16-11)17-13(18)10-4-2-1-3-5-10/h1-7,9,12H,(H,17,18). The molecule has 0 aliphatic rings. The number of hydrogen-bond donors (Lipinski definition) is 1. The second-order valence-corrected chi connectivity index (χ2v) is 3.54. The molecule has 0 fully saturated rings. The zero-order valence-electron chi connectivity index (χ0n) is 9.45. The van der Waals surface area contributed by atoms with Gasteiger partial charge in [0.1, 0.15) is 6.33 Å². The lowest BCUT2D eigenvalue weighted by atomic mass is 10.1. The van der Waals surface area contributed by atoms with Crippen molar-refractivity contribution in [1.82, 2.24) is 15.3 Å². The molecule has 5 nitrogen and oxygen atoms in total. The van der Waals surface area contributed by atoms with E-state index in [1.165, 1.54) is 12.5 Å². The first-order valence-corrected chi connectivity index (χ1v) is 5.32. The van der Waals surface area contributed by atoms with Crippen molar-refractivity contribution in [3.8, 4) is 6.07 Å². The van der Waals surface area contributed by atoms with E-state index < -0.39 is 6.04 Å². The molecule has 88 valence electrons. The van der Waals surface area contributed by atoms with E-state index >= 15 is 0 Å². The minimum Gasteiger partial charge on any atom is -0.331 e. The molecule has 18 heavy (non-hydrogen) atoms. The van der Waals surface area contributed by atoms with Gasteiger partial charge in [0, 0.05) is 11.8 Å². The van der Waals surface area contributed by atoms with Crippen molar-refractivity contribution in [2.45, 2.75) is 6.04 Å². The summed E-state index contributed by atoms with van der Waals surface area (Å²) in [5.74, 6) is -0.305. The summed E-state index contributed by atoms with van der Waals surface area (Å²) in [6, 6.07) is 11.5. The van der Waals surface area contributed by atoms with Crippen LogP contribution in [0.4, 0.5) is 0 Å². The number of nitrogens with zero attached hydrogens (tertiary/aromatic N) is 3. The van der Waals surface area contributed by atoms with Gasteiger partial charge >= 0.3 is 0 Å². The number of carbonyl (C=O) groups is 1. The quantitative estimate of drug-likeness (QED) is 0.878. The summed E-state index contributed by atoms with van der Waals surface area (Å²) in [7, 11) is 0. The number of amides is 1. The van der Waals surface area contributed by atoms with Crippen LogP contribution in [-0.2, 0) is 0 Å². The molecule has 1 aromatic heterocycles. The molecule has 1 heterocycles. The maximum atomic E-state index is 11.9. The Morgan fingerprint density at radius 3 is 2.67 bits per heavy atom. The maximum absolute atomic E-state index is 11.9. The summed E-state index contributed by atoms with van der Waals surface area (Å²) >= 11 is 0. The Kier molecular flexibility index (Phi) is 3.62. The molecule has 0 aliphatic heterocycles. The highest BCUT2D eigenvalue weighted by Gasteiger charge is 2.15. The topological polar surface area (TPSA) is 78.7 Å². The predicted octanol–water partition coefficient (Wildman–Crippen LogP) is 1.47. The molecule has 0 radical (unpaired) electrons. The van der Waals surface area contributed by atoms with Crippen LogP contribution in [-0.4, -0.2) is 15.9 Å². The van der Waals surface area contributed by atoms with Gasteiger partial charge in [-0.3, -0.25) is 4.79 Å². The summed E-state index contributed by atoms with van der Waals surface area (Å²) < 4.78 is 0. The predicted molar refractivity (Wildman–Crippen MR) is 64.3 cm³/mol. The molecule has 2 aromatic rings. The Balaban J connectivity index is 2.14. The molecule has 0 bridgehead atoms. The van der Waals surface area contributed by atoms with Crippen LogP contribution in [0.2, 0.25) is 0 Å². The third-order valence-electron chi connectivity index (χ3n) is 2.34. The Hall–Kier alpha value is -2.74. The molecule has 0 saturated heterocycles. The first-order valence-electron chi connectivity index (χ1n) is 5.32. The highest BCUT2D eigenvalue weighted by molar-refractivity contribution is 5.94. The van der Waals surface area contributed by atoms with Gasteiger partial charge < -0.3 is 5.32 Å². The summed E-state index contributed by atoms with van der Waals surface area (Å²) in [4.78, 5) is 19.6. The lowest BCUT2D eigenvalue weighted by molar-refractivity contribution is 0.0944. The maximum Gasteiger partial charge on any atom is 0.252 e. The SMILES string of the molecule is N#CC(NC(=O)c1ccccc1)c1ccncn1. The van der Waals surface area contributed by atoms with Crippen molar-refractivity contribution in [3.05, 3.63) is 60.2 Å². The molecule has 1 atom stereocenters. The summed E-state index contributed by atoms with van der Waals surface area (Å²) in [6.07, 6.45) is 2.87. The fourth-order valence-corrected chi connectivity index (χ4v) is 1.45. The molecule has 1 N–H and O–H groups in total. The van der Waals surface area contributed by atoms with E-state index in [0.717, 1.165) is 0 Å². The van der Waals surface area contributed by atoms with Crippen LogP contribution in [0.25, 0.3) is 0 Å². The highest BCUT2D eigenvalue weighted by Crippen LogP contribution is 2.08. The van der Waals surface area contributed by atoms with Gasteiger partial charge in [-0.05, 0) is 18.2 Å². The van der Waals surface area contributed by atoms with Gasteiger partial charge in [0.05, 0.1) is 11.8 Å². The van der Waals surface area contributed by atoms with Crippen LogP contribution in [0.1, 0.15) is 22.1 Å². The van der Waals surface area contributed by atoms with E-state index in [1.807, 2.05) is 12.1 Å². The van der Waals surface area contributed by atoms with Crippen LogP contribution in [0.15, 0.2) is 48.9 Å². The van der Waals surface area contributed by atoms with Gasteiger partial charge in [0.15, 0.2) is 6.04 Å². The number of carbonyl (C=O) groups excluding carboxylic acids is 1. The Labute approximate surface area is 104 Å². The van der Waals surface area contributed by atoms with Crippen molar-refractivity contribution < 1.29 is 4.79 Å². The summed E-state index contributed by atoms with van der Waals surface area (Å²) in [5, 5.41) is 11.7. The Morgan fingerprint density at radius 2 is 2.06 bits per heavy atom. The largest absolute Gasteiger partial charge is 0.331 e. The highest BCUT2D eigenvalue weighted by atomic mass is 16.1. The summed E-state index contributed by atoms with van der Waals surface area (Å²) in [6.45, 7) is 0. The average molecular weight is 238 g/mol. The molecular formula is C13H10N4O. The van der Waals surface area contributed by atoms with Gasteiger partial charge in [0.25, 0.3) is 5.91 Å². The normalized spacial score (nSPS) is 11.3. The monoisotopic (exact) mass is 238 g/mol. The number of rotatable bonds is 3. The van der Waals surface area contributed by atoms with E-state index in [4.69, 9.17) is 5.26 Å². The molecule has 2 rings (SSSR count). The van der Waals surface area contributed by atoms with Crippen molar-refractivity contribution in [2.75, 3.05) is 0 Å². The Bertz CT molecular complexity index is 563. The van der Waals surface area contributed by atoms with E-state index in [0.29, 0.717) is 11.3 Å². The third kappa shape index (κ3) is 2.68. The molecule has 0 aliphatic carbocycles. The molecule has 5 heteroatoms. The Morgan fingerprint density at radius 1 is 1.28 bits per heavy atom. The van der Waals surface area contributed by atoms with Crippen LogP contribution in [0.5, 0.6) is 0 Å². The fourth-order valence-electron chi connectivity index (χ4n) is 1.45. The number of benzene rings is 1.